The molecule has 3 rings (SSSR count). The number of hydrogen-bond donors (Lipinski definition) is 0. The zero-order valence-electron chi connectivity index (χ0n) is 22.4. The molecule has 0 amide bonds. The minimum absolute atomic E-state index is 0.281. The molecule has 2 aromatic carbocycles. The van der Waals surface area contributed by atoms with E-state index in [-0.39, 0.29) is 6.61 Å². The first-order valence-electron chi connectivity index (χ1n) is 12.3. The third kappa shape index (κ3) is 4.81. The highest BCUT2D eigenvalue weighted by Gasteiger charge is 2.16. The van der Waals surface area contributed by atoms with E-state index in [2.05, 4.69) is 0 Å². The van der Waals surface area contributed by atoms with Crippen LogP contribution in [0.1, 0.15) is 50.1 Å². The first-order valence-corrected chi connectivity index (χ1v) is 7.66. The minimum atomic E-state index is -3.43. The standard InChI is InChI=1S/C20H24ClNO/c21-19-11-9-18(10-12-19)20(17-7-3-1-4-8-17)23-16-15-22-13-5-2-6-14-22/h1,3-4,7-12,20H,2,5-6,13-16H2/t20-/m0/s1/i2D2,5D2,6D2,13D2,14D2. The van der Waals surface area contributed by atoms with Crippen LogP contribution in [0.15, 0.2) is 54.6 Å². The lowest BCUT2D eigenvalue weighted by Gasteiger charge is -2.27. The van der Waals surface area contributed by atoms with Crippen LogP contribution in [0.3, 0.4) is 0 Å². The number of ether oxygens (including phenoxy) is 1. The Kier molecular flexibility index (Phi) is 3.01. The van der Waals surface area contributed by atoms with E-state index >= 15 is 0 Å². The van der Waals surface area contributed by atoms with Crippen LogP contribution in [0.5, 0.6) is 0 Å². The molecule has 122 valence electrons. The maximum Gasteiger partial charge on any atom is 0.108 e. The Morgan fingerprint density at radius 1 is 0.957 bits per heavy atom. The maximum absolute atomic E-state index is 8.21. The lowest BCUT2D eigenvalue weighted by Crippen LogP contribution is -2.33. The van der Waals surface area contributed by atoms with Crippen molar-refractivity contribution in [3.8, 4) is 0 Å². The van der Waals surface area contributed by atoms with Crippen molar-refractivity contribution in [1.82, 2.24) is 4.90 Å². The average Bonchev–Trinajstić information content (AvgIpc) is 2.73. The van der Waals surface area contributed by atoms with Crippen LogP contribution in [-0.4, -0.2) is 31.0 Å². The lowest BCUT2D eigenvalue weighted by molar-refractivity contribution is 0.0557. The van der Waals surface area contributed by atoms with Crippen molar-refractivity contribution in [1.29, 1.82) is 0 Å². The smallest absolute Gasteiger partial charge is 0.108 e. The highest BCUT2D eigenvalue weighted by atomic mass is 35.5. The fourth-order valence-corrected chi connectivity index (χ4v) is 2.40. The van der Waals surface area contributed by atoms with Crippen molar-refractivity contribution in [2.45, 2.75) is 25.2 Å². The number of halogens is 1. The molecule has 0 spiro atoms. The first kappa shape index (κ1) is 8.15. The second-order valence-electron chi connectivity index (χ2n) is 4.96. The summed E-state index contributed by atoms with van der Waals surface area (Å²) in [5, 5.41) is 0.527. The van der Waals surface area contributed by atoms with Gasteiger partial charge >= 0.3 is 0 Å². The van der Waals surface area contributed by atoms with Gasteiger partial charge in [0.25, 0.3) is 0 Å². The van der Waals surface area contributed by atoms with E-state index in [9.17, 15) is 0 Å². The highest BCUT2D eigenvalue weighted by molar-refractivity contribution is 6.30. The predicted molar refractivity (Wildman–Crippen MR) is 96.0 cm³/mol. The highest BCUT2D eigenvalue weighted by Crippen LogP contribution is 2.27. The zero-order chi connectivity index (χ0) is 24.9. The fourth-order valence-electron chi connectivity index (χ4n) is 2.27. The van der Waals surface area contributed by atoms with Gasteiger partial charge in [0, 0.05) is 25.3 Å². The van der Waals surface area contributed by atoms with Gasteiger partial charge in [-0.25, -0.2) is 0 Å². The van der Waals surface area contributed by atoms with Gasteiger partial charge in [-0.1, -0.05) is 60.4 Å². The predicted octanol–water partition coefficient (Wildman–Crippen LogP) is 4.93. The van der Waals surface area contributed by atoms with Crippen LogP contribution >= 0.6 is 11.6 Å². The number of rotatable bonds is 6. The normalized spacial score (nSPS) is 34.5. The lowest BCUT2D eigenvalue weighted by atomic mass is 10.0. The molecule has 0 aromatic heterocycles. The molecule has 1 atom stereocenters. The molecular formula is C20H24ClNO. The SMILES string of the molecule is [2H]C1([2H])N(CCO[C@@H](c2ccccc2)c2ccc(Cl)cc2)C([2H])([2H])C([2H])([2H])C([2H])([2H])C1([2H])[2H]. The summed E-state index contributed by atoms with van der Waals surface area (Å²) in [6, 6.07) is 16.0. The monoisotopic (exact) mass is 339 g/mol. The van der Waals surface area contributed by atoms with Crippen molar-refractivity contribution in [3.05, 3.63) is 70.7 Å². The van der Waals surface area contributed by atoms with Crippen LogP contribution in [0.2, 0.25) is 5.02 Å². The van der Waals surface area contributed by atoms with E-state index in [1.54, 1.807) is 24.3 Å². The number of piperidine rings is 1. The summed E-state index contributed by atoms with van der Waals surface area (Å²) >= 11 is 5.98. The van der Waals surface area contributed by atoms with Gasteiger partial charge in [-0.3, -0.25) is 0 Å². The largest absolute Gasteiger partial charge is 0.367 e. The molecule has 1 aliphatic rings. The average molecular weight is 340 g/mol. The second-order valence-corrected chi connectivity index (χ2v) is 5.40. The Morgan fingerprint density at radius 3 is 2.30 bits per heavy atom. The number of nitrogens with zero attached hydrogens (tertiary/aromatic N) is 1. The number of benzene rings is 2. The molecular weight excluding hydrogens is 306 g/mol. The molecule has 0 bridgehead atoms. The van der Waals surface area contributed by atoms with Crippen molar-refractivity contribution in [2.75, 3.05) is 26.1 Å². The van der Waals surface area contributed by atoms with Crippen molar-refractivity contribution in [2.24, 2.45) is 0 Å². The van der Waals surface area contributed by atoms with E-state index in [0.717, 1.165) is 11.1 Å². The summed E-state index contributed by atoms with van der Waals surface area (Å²) in [5.41, 5.74) is 1.50. The zero-order valence-corrected chi connectivity index (χ0v) is 13.2. The van der Waals surface area contributed by atoms with Crippen molar-refractivity contribution < 1.29 is 18.4 Å². The summed E-state index contributed by atoms with van der Waals surface area (Å²) in [4.78, 5) is 0.380. The Morgan fingerprint density at radius 2 is 1.61 bits per heavy atom. The second kappa shape index (κ2) is 8.49. The third-order valence-electron chi connectivity index (χ3n) is 3.38. The molecule has 2 aromatic rings. The summed E-state index contributed by atoms with van der Waals surface area (Å²) in [5.74, 6) is 0. The van der Waals surface area contributed by atoms with Crippen LogP contribution in [0.4, 0.5) is 0 Å². The van der Waals surface area contributed by atoms with E-state index in [1.807, 2.05) is 30.3 Å². The van der Waals surface area contributed by atoms with Gasteiger partial charge in [0.15, 0.2) is 0 Å². The third-order valence-corrected chi connectivity index (χ3v) is 3.63. The molecule has 0 aliphatic carbocycles. The number of hydrogen-bond acceptors (Lipinski definition) is 2. The van der Waals surface area contributed by atoms with Gasteiger partial charge in [-0.15, -0.1) is 0 Å². The molecule has 3 heteroatoms. The van der Waals surface area contributed by atoms with Crippen LogP contribution in [0.25, 0.3) is 0 Å². The molecule has 2 nitrogen and oxygen atoms in total. The molecule has 1 aliphatic heterocycles. The molecule has 1 fully saturated rings. The van der Waals surface area contributed by atoms with Crippen molar-refractivity contribution in [3.63, 3.8) is 0 Å². The van der Waals surface area contributed by atoms with Crippen molar-refractivity contribution >= 4 is 11.6 Å². The molecule has 0 unspecified atom stereocenters. The summed E-state index contributed by atoms with van der Waals surface area (Å²) in [6.07, 6.45) is -10.7. The van der Waals surface area contributed by atoms with Gasteiger partial charge in [0.05, 0.1) is 6.61 Å². The summed E-state index contributed by atoms with van der Waals surface area (Å²) in [7, 11) is 0. The molecule has 1 saturated heterocycles. The van der Waals surface area contributed by atoms with Gasteiger partial charge in [-0.05, 0) is 49.0 Å². The van der Waals surface area contributed by atoms with Crippen LogP contribution in [0, 0.1) is 0 Å². The topological polar surface area (TPSA) is 12.5 Å². The quantitative estimate of drug-likeness (QED) is 0.739. The van der Waals surface area contributed by atoms with Gasteiger partial charge in [0.1, 0.15) is 6.10 Å². The fraction of sp³-hybridized carbons (Fsp3) is 0.400. The van der Waals surface area contributed by atoms with Crippen LogP contribution < -0.4 is 0 Å². The summed E-state index contributed by atoms with van der Waals surface area (Å²) in [6.45, 7) is -7.11. The molecule has 1 heterocycles. The molecule has 0 saturated carbocycles. The molecule has 0 N–H and O–H groups in total. The number of likely N-dealkylation sites (tertiary alicyclic amines) is 1. The van der Waals surface area contributed by atoms with E-state index < -0.39 is 44.8 Å². The van der Waals surface area contributed by atoms with Gasteiger partial charge < -0.3 is 9.64 Å². The molecule has 0 radical (unpaired) electrons. The maximum atomic E-state index is 8.21. The molecule has 23 heavy (non-hydrogen) atoms. The Labute approximate surface area is 158 Å². The Hall–Kier alpha value is -1.35. The van der Waals surface area contributed by atoms with Gasteiger partial charge in [-0.2, -0.15) is 0 Å². The Bertz CT molecular complexity index is 939. The Balaban J connectivity index is 1.89. The minimum Gasteiger partial charge on any atom is -0.367 e. The van der Waals surface area contributed by atoms with Gasteiger partial charge in [0.2, 0.25) is 0 Å². The van der Waals surface area contributed by atoms with E-state index in [1.165, 1.54) is 0 Å². The first-order chi connectivity index (χ1) is 15.1. The summed E-state index contributed by atoms with van der Waals surface area (Å²) < 4.78 is 86.7. The van der Waals surface area contributed by atoms with Crippen LogP contribution in [-0.2, 0) is 4.74 Å². The van der Waals surface area contributed by atoms with E-state index in [4.69, 9.17) is 30.0 Å². The van der Waals surface area contributed by atoms with E-state index in [0.29, 0.717) is 9.92 Å².